The molecular weight excluding hydrogens is 346 g/mol. The maximum absolute atomic E-state index is 13.2. The second-order valence-electron chi connectivity index (χ2n) is 7.75. The summed E-state index contributed by atoms with van der Waals surface area (Å²) in [6.07, 6.45) is 4.45. The number of rotatable bonds is 6. The minimum atomic E-state index is 0.118. The number of fused-ring (bicyclic) bond motifs is 1. The summed E-state index contributed by atoms with van der Waals surface area (Å²) in [6.45, 7) is 3.71. The first-order chi connectivity index (χ1) is 13.7. The molecule has 2 aromatic carbocycles. The number of hydrogen-bond donors (Lipinski definition) is 2. The van der Waals surface area contributed by atoms with Crippen LogP contribution in [0, 0.1) is 0 Å². The molecule has 0 spiro atoms. The lowest BCUT2D eigenvalue weighted by Crippen LogP contribution is -2.46. The van der Waals surface area contributed by atoms with Gasteiger partial charge in [-0.25, -0.2) is 0 Å². The Morgan fingerprint density at radius 1 is 1.11 bits per heavy atom. The van der Waals surface area contributed by atoms with E-state index in [0.29, 0.717) is 17.8 Å². The van der Waals surface area contributed by atoms with Gasteiger partial charge >= 0.3 is 0 Å². The Kier molecular flexibility index (Phi) is 5.77. The van der Waals surface area contributed by atoms with Crippen LogP contribution in [0.25, 0.3) is 10.9 Å². The zero-order chi connectivity index (χ0) is 19.3. The second-order valence-corrected chi connectivity index (χ2v) is 7.75. The first-order valence-corrected chi connectivity index (χ1v) is 10.4. The maximum Gasteiger partial charge on any atom is 0.270 e. The minimum absolute atomic E-state index is 0.118. The fourth-order valence-electron chi connectivity index (χ4n) is 4.40. The van der Waals surface area contributed by atoms with E-state index < -0.39 is 0 Å². The summed E-state index contributed by atoms with van der Waals surface area (Å²) < 4.78 is 0. The van der Waals surface area contributed by atoms with E-state index in [0.717, 1.165) is 43.3 Å². The zero-order valence-corrected chi connectivity index (χ0v) is 16.5. The van der Waals surface area contributed by atoms with Gasteiger partial charge in [0.25, 0.3) is 5.91 Å². The number of H-pyrrole nitrogens is 1. The third kappa shape index (κ3) is 4.12. The molecule has 1 saturated carbocycles. The molecule has 0 radical (unpaired) electrons. The molecule has 146 valence electrons. The highest BCUT2D eigenvalue weighted by Gasteiger charge is 2.29. The highest BCUT2D eigenvalue weighted by molar-refractivity contribution is 5.98. The fraction of sp³-hybridized carbons (Fsp3) is 0.375. The van der Waals surface area contributed by atoms with Crippen LogP contribution in [0.3, 0.4) is 0 Å². The van der Waals surface area contributed by atoms with Gasteiger partial charge in [0.15, 0.2) is 0 Å². The van der Waals surface area contributed by atoms with Crippen molar-refractivity contribution in [1.29, 1.82) is 0 Å². The molecule has 1 fully saturated rings. The molecule has 4 rings (SSSR count). The molecule has 1 amide bonds. The van der Waals surface area contributed by atoms with Gasteiger partial charge in [-0.3, -0.25) is 4.79 Å². The molecule has 2 atom stereocenters. The van der Waals surface area contributed by atoms with Gasteiger partial charge < -0.3 is 15.2 Å². The summed E-state index contributed by atoms with van der Waals surface area (Å²) in [5, 5.41) is 4.79. The van der Waals surface area contributed by atoms with Gasteiger partial charge in [0.2, 0.25) is 0 Å². The summed E-state index contributed by atoms with van der Waals surface area (Å²) in [5.74, 6) is 0.118. The van der Waals surface area contributed by atoms with Crippen LogP contribution >= 0.6 is 0 Å². The standard InChI is InChI=1S/C24H29N3O/c1-2-27(24(28)23-15-19-11-6-7-14-22(19)26-23)21-13-8-12-20(16-21)25-17-18-9-4-3-5-10-18/h3-7,9-11,14-15,20-21,25-26H,2,8,12-13,16-17H2,1H3/t20?,21-/m0/s1. The highest BCUT2D eigenvalue weighted by atomic mass is 16.2. The van der Waals surface area contributed by atoms with Crippen molar-refractivity contribution in [3.8, 4) is 0 Å². The van der Waals surface area contributed by atoms with Crippen molar-refractivity contribution in [1.82, 2.24) is 15.2 Å². The molecule has 1 heterocycles. The number of benzene rings is 2. The summed E-state index contributed by atoms with van der Waals surface area (Å²) in [4.78, 5) is 18.6. The smallest absolute Gasteiger partial charge is 0.270 e. The van der Waals surface area contributed by atoms with Crippen LogP contribution in [0.4, 0.5) is 0 Å². The first-order valence-electron chi connectivity index (χ1n) is 10.4. The maximum atomic E-state index is 13.2. The Morgan fingerprint density at radius 3 is 2.68 bits per heavy atom. The molecule has 0 aliphatic heterocycles. The number of hydrogen-bond acceptors (Lipinski definition) is 2. The quantitative estimate of drug-likeness (QED) is 0.654. The third-order valence-corrected chi connectivity index (χ3v) is 5.89. The molecule has 1 aliphatic rings. The molecule has 4 nitrogen and oxygen atoms in total. The Morgan fingerprint density at radius 2 is 1.89 bits per heavy atom. The normalized spacial score (nSPS) is 19.6. The van der Waals surface area contributed by atoms with Gasteiger partial charge in [0.1, 0.15) is 5.69 Å². The van der Waals surface area contributed by atoms with Crippen LogP contribution in [-0.2, 0) is 6.54 Å². The van der Waals surface area contributed by atoms with Crippen LogP contribution in [0.2, 0.25) is 0 Å². The molecule has 28 heavy (non-hydrogen) atoms. The molecular formula is C24H29N3O. The van der Waals surface area contributed by atoms with E-state index in [1.165, 1.54) is 12.0 Å². The van der Waals surface area contributed by atoms with Crippen LogP contribution in [0.15, 0.2) is 60.7 Å². The van der Waals surface area contributed by atoms with Gasteiger partial charge in [-0.15, -0.1) is 0 Å². The lowest BCUT2D eigenvalue weighted by Gasteiger charge is -2.37. The van der Waals surface area contributed by atoms with Crippen LogP contribution in [0.1, 0.15) is 48.7 Å². The van der Waals surface area contributed by atoms with E-state index in [1.54, 1.807) is 0 Å². The molecule has 1 unspecified atom stereocenters. The number of aromatic amines is 1. The summed E-state index contributed by atoms with van der Waals surface area (Å²) in [5.41, 5.74) is 3.03. The van der Waals surface area contributed by atoms with Crippen molar-refractivity contribution in [3.63, 3.8) is 0 Å². The molecule has 1 aliphatic carbocycles. The van der Waals surface area contributed by atoms with Gasteiger partial charge in [-0.1, -0.05) is 48.5 Å². The van der Waals surface area contributed by atoms with Gasteiger partial charge in [-0.05, 0) is 50.3 Å². The van der Waals surface area contributed by atoms with Gasteiger partial charge in [0.05, 0.1) is 0 Å². The molecule has 0 saturated heterocycles. The highest BCUT2D eigenvalue weighted by Crippen LogP contribution is 2.25. The number of amides is 1. The average Bonchev–Trinajstić information content (AvgIpc) is 3.18. The number of carbonyl (C=O) groups excluding carboxylic acids is 1. The van der Waals surface area contributed by atoms with Gasteiger partial charge in [0, 0.05) is 36.1 Å². The average molecular weight is 376 g/mol. The molecule has 0 bridgehead atoms. The fourth-order valence-corrected chi connectivity index (χ4v) is 4.40. The molecule has 3 aromatic rings. The van der Waals surface area contributed by atoms with Crippen molar-refractivity contribution >= 4 is 16.8 Å². The van der Waals surface area contributed by atoms with E-state index in [-0.39, 0.29) is 5.91 Å². The lowest BCUT2D eigenvalue weighted by molar-refractivity contribution is 0.0623. The van der Waals surface area contributed by atoms with Crippen molar-refractivity contribution in [2.24, 2.45) is 0 Å². The van der Waals surface area contributed by atoms with Crippen molar-refractivity contribution in [2.75, 3.05) is 6.54 Å². The predicted octanol–water partition coefficient (Wildman–Crippen LogP) is 4.73. The number of nitrogens with zero attached hydrogens (tertiary/aromatic N) is 1. The summed E-state index contributed by atoms with van der Waals surface area (Å²) in [6, 6.07) is 21.3. The number of nitrogens with one attached hydrogen (secondary N) is 2. The molecule has 4 heteroatoms. The first kappa shape index (κ1) is 18.8. The topological polar surface area (TPSA) is 48.1 Å². The third-order valence-electron chi connectivity index (χ3n) is 5.89. The Balaban J connectivity index is 1.42. The zero-order valence-electron chi connectivity index (χ0n) is 16.5. The molecule has 2 N–H and O–H groups in total. The Bertz CT molecular complexity index is 885. The second kappa shape index (κ2) is 8.61. The predicted molar refractivity (Wildman–Crippen MR) is 114 cm³/mol. The van der Waals surface area contributed by atoms with E-state index >= 15 is 0 Å². The van der Waals surface area contributed by atoms with Crippen LogP contribution in [0.5, 0.6) is 0 Å². The van der Waals surface area contributed by atoms with E-state index in [9.17, 15) is 4.79 Å². The van der Waals surface area contributed by atoms with E-state index in [2.05, 4.69) is 52.5 Å². The van der Waals surface area contributed by atoms with Crippen LogP contribution in [-0.4, -0.2) is 34.4 Å². The number of para-hydroxylation sites is 1. The number of carbonyl (C=O) groups is 1. The Hall–Kier alpha value is -2.59. The SMILES string of the molecule is CCN(C(=O)c1cc2ccccc2[nH]1)[C@H]1CCCC(NCc2ccccc2)C1. The van der Waals surface area contributed by atoms with E-state index in [1.807, 2.05) is 30.3 Å². The largest absolute Gasteiger partial charge is 0.351 e. The summed E-state index contributed by atoms with van der Waals surface area (Å²) >= 11 is 0. The Labute approximate surface area is 166 Å². The van der Waals surface area contributed by atoms with Gasteiger partial charge in [-0.2, -0.15) is 0 Å². The molecule has 1 aromatic heterocycles. The van der Waals surface area contributed by atoms with Crippen molar-refractivity contribution < 1.29 is 4.79 Å². The summed E-state index contributed by atoms with van der Waals surface area (Å²) in [7, 11) is 0. The number of aromatic nitrogens is 1. The van der Waals surface area contributed by atoms with Crippen molar-refractivity contribution in [2.45, 2.75) is 51.2 Å². The van der Waals surface area contributed by atoms with E-state index in [4.69, 9.17) is 0 Å². The lowest BCUT2D eigenvalue weighted by atomic mass is 9.89. The van der Waals surface area contributed by atoms with Crippen LogP contribution < -0.4 is 5.32 Å². The monoisotopic (exact) mass is 375 g/mol. The van der Waals surface area contributed by atoms with Crippen molar-refractivity contribution in [3.05, 3.63) is 71.9 Å². The minimum Gasteiger partial charge on any atom is -0.351 e.